The molecule has 0 bridgehead atoms. The maximum atomic E-state index is 12.8. The second-order valence-corrected chi connectivity index (χ2v) is 6.03. The van der Waals surface area contributed by atoms with Gasteiger partial charge in [0.25, 0.3) is 5.89 Å². The van der Waals surface area contributed by atoms with Crippen LogP contribution in [0, 0.1) is 0 Å². The summed E-state index contributed by atoms with van der Waals surface area (Å²) in [5, 5.41) is 19.5. The molecule has 0 aliphatic carbocycles. The van der Waals surface area contributed by atoms with E-state index in [1.54, 1.807) is 0 Å². The number of hydrogen-bond acceptors (Lipinski definition) is 7. The van der Waals surface area contributed by atoms with Crippen LogP contribution in [0.5, 0.6) is 0 Å². The molecule has 0 unspecified atom stereocenters. The van der Waals surface area contributed by atoms with E-state index in [2.05, 4.69) is 25.6 Å². The number of tetrazole rings is 1. The molecule has 0 N–H and O–H groups in total. The van der Waals surface area contributed by atoms with Crippen LogP contribution in [0.3, 0.4) is 0 Å². The fourth-order valence-corrected chi connectivity index (χ4v) is 2.84. The van der Waals surface area contributed by atoms with E-state index in [1.807, 2.05) is 16.8 Å². The molecule has 1 aromatic carbocycles. The SMILES string of the molecule is FC(F)(F)c1cccc(-c2noc(Cn3nnc(-c4ccsc4)n3)n2)c1. The number of benzene rings is 1. The van der Waals surface area contributed by atoms with E-state index >= 15 is 0 Å². The highest BCUT2D eigenvalue weighted by Gasteiger charge is 2.30. The summed E-state index contributed by atoms with van der Waals surface area (Å²) >= 11 is 1.51. The minimum atomic E-state index is -4.44. The first-order chi connectivity index (χ1) is 12.5. The molecule has 7 nitrogen and oxygen atoms in total. The predicted molar refractivity (Wildman–Crippen MR) is 85.0 cm³/mol. The number of nitrogens with zero attached hydrogens (tertiary/aromatic N) is 6. The van der Waals surface area contributed by atoms with Gasteiger partial charge in [-0.25, -0.2) is 0 Å². The fourth-order valence-electron chi connectivity index (χ4n) is 2.21. The molecule has 11 heteroatoms. The van der Waals surface area contributed by atoms with Crippen molar-refractivity contribution < 1.29 is 17.7 Å². The molecule has 0 spiro atoms. The summed E-state index contributed by atoms with van der Waals surface area (Å²) in [6, 6.07) is 6.59. The molecule has 132 valence electrons. The number of alkyl halides is 3. The van der Waals surface area contributed by atoms with Crippen molar-refractivity contribution in [2.24, 2.45) is 0 Å². The summed E-state index contributed by atoms with van der Waals surface area (Å²) in [5.41, 5.74) is 0.275. The largest absolute Gasteiger partial charge is 0.416 e. The molecule has 0 fully saturated rings. The quantitative estimate of drug-likeness (QED) is 0.540. The highest BCUT2D eigenvalue weighted by molar-refractivity contribution is 7.08. The molecule has 26 heavy (non-hydrogen) atoms. The van der Waals surface area contributed by atoms with Crippen LogP contribution in [-0.2, 0) is 12.7 Å². The van der Waals surface area contributed by atoms with Gasteiger partial charge < -0.3 is 4.52 Å². The van der Waals surface area contributed by atoms with Gasteiger partial charge in [-0.15, -0.1) is 10.2 Å². The van der Waals surface area contributed by atoms with Gasteiger partial charge in [-0.05, 0) is 28.8 Å². The maximum Gasteiger partial charge on any atom is 0.416 e. The number of halogens is 3. The van der Waals surface area contributed by atoms with Crippen LogP contribution >= 0.6 is 11.3 Å². The second-order valence-electron chi connectivity index (χ2n) is 5.25. The van der Waals surface area contributed by atoms with Crippen molar-refractivity contribution in [3.63, 3.8) is 0 Å². The van der Waals surface area contributed by atoms with Crippen LogP contribution in [0.25, 0.3) is 22.8 Å². The van der Waals surface area contributed by atoms with E-state index in [4.69, 9.17) is 4.52 Å². The third-order valence-electron chi connectivity index (χ3n) is 3.43. The standard InChI is InChI=1S/C15H9F3N6OS/c16-15(17,18)11-3-1-2-9(6-11)13-19-12(25-22-13)7-24-21-14(20-23-24)10-4-5-26-8-10/h1-6,8H,7H2. The zero-order valence-corrected chi connectivity index (χ0v) is 13.7. The number of thiophene rings is 1. The van der Waals surface area contributed by atoms with Crippen LogP contribution in [-0.4, -0.2) is 30.3 Å². The van der Waals surface area contributed by atoms with Crippen molar-refractivity contribution in [3.8, 4) is 22.8 Å². The van der Waals surface area contributed by atoms with Gasteiger partial charge in [-0.3, -0.25) is 0 Å². The van der Waals surface area contributed by atoms with Crippen LogP contribution in [0.4, 0.5) is 13.2 Å². The molecular weight excluding hydrogens is 369 g/mol. The number of rotatable bonds is 4. The lowest BCUT2D eigenvalue weighted by atomic mass is 10.1. The lowest BCUT2D eigenvalue weighted by molar-refractivity contribution is -0.137. The van der Waals surface area contributed by atoms with Gasteiger partial charge in [0.1, 0.15) is 6.54 Å². The molecule has 0 aliphatic rings. The Morgan fingerprint density at radius 3 is 2.77 bits per heavy atom. The fraction of sp³-hybridized carbons (Fsp3) is 0.133. The van der Waals surface area contributed by atoms with Crippen molar-refractivity contribution in [2.75, 3.05) is 0 Å². The summed E-state index contributed by atoms with van der Waals surface area (Å²) in [4.78, 5) is 5.37. The Balaban J connectivity index is 1.54. The van der Waals surface area contributed by atoms with Crippen LogP contribution in [0.15, 0.2) is 45.6 Å². The van der Waals surface area contributed by atoms with Gasteiger partial charge in [-0.1, -0.05) is 17.3 Å². The monoisotopic (exact) mass is 378 g/mol. The predicted octanol–water partition coefficient (Wildman–Crippen LogP) is 3.52. The van der Waals surface area contributed by atoms with Crippen molar-refractivity contribution in [1.82, 2.24) is 30.3 Å². The number of aromatic nitrogens is 6. The van der Waals surface area contributed by atoms with E-state index in [-0.39, 0.29) is 23.8 Å². The van der Waals surface area contributed by atoms with E-state index in [0.717, 1.165) is 17.7 Å². The van der Waals surface area contributed by atoms with Crippen molar-refractivity contribution in [3.05, 3.63) is 52.5 Å². The molecular formula is C15H9F3N6OS. The van der Waals surface area contributed by atoms with Crippen LogP contribution in [0.1, 0.15) is 11.5 Å². The summed E-state index contributed by atoms with van der Waals surface area (Å²) in [6.07, 6.45) is -4.44. The third-order valence-corrected chi connectivity index (χ3v) is 4.11. The Bertz CT molecular complexity index is 1020. The van der Waals surface area contributed by atoms with E-state index < -0.39 is 11.7 Å². The Morgan fingerprint density at radius 2 is 2.00 bits per heavy atom. The van der Waals surface area contributed by atoms with Crippen molar-refractivity contribution in [1.29, 1.82) is 0 Å². The highest BCUT2D eigenvalue weighted by atomic mass is 32.1. The Hall–Kier alpha value is -3.08. The lowest BCUT2D eigenvalue weighted by Crippen LogP contribution is -2.05. The van der Waals surface area contributed by atoms with Gasteiger partial charge in [0, 0.05) is 16.5 Å². The summed E-state index contributed by atoms with van der Waals surface area (Å²) in [5.74, 6) is 0.680. The normalized spacial score (nSPS) is 11.8. The Labute approximate surface area is 148 Å². The van der Waals surface area contributed by atoms with E-state index in [9.17, 15) is 13.2 Å². The molecule has 0 aliphatic heterocycles. The molecule has 0 radical (unpaired) electrons. The highest BCUT2D eigenvalue weighted by Crippen LogP contribution is 2.31. The molecule has 3 heterocycles. The third kappa shape index (κ3) is 3.33. The maximum absolute atomic E-state index is 12.8. The first-order valence-electron chi connectivity index (χ1n) is 7.29. The second kappa shape index (κ2) is 6.33. The van der Waals surface area contributed by atoms with Gasteiger partial charge in [0.15, 0.2) is 0 Å². The smallest absolute Gasteiger partial charge is 0.337 e. The first kappa shape index (κ1) is 16.4. The summed E-state index contributed by atoms with van der Waals surface area (Å²) < 4.78 is 43.5. The molecule has 4 rings (SSSR count). The number of hydrogen-bond donors (Lipinski definition) is 0. The van der Waals surface area contributed by atoms with Crippen molar-refractivity contribution >= 4 is 11.3 Å². The zero-order chi connectivity index (χ0) is 18.1. The van der Waals surface area contributed by atoms with Crippen LogP contribution in [0.2, 0.25) is 0 Å². The minimum Gasteiger partial charge on any atom is -0.337 e. The molecule has 0 saturated carbocycles. The molecule has 0 amide bonds. The summed E-state index contributed by atoms with van der Waals surface area (Å²) in [6.45, 7) is 0.0586. The Kier molecular flexibility index (Phi) is 3.99. The zero-order valence-electron chi connectivity index (χ0n) is 12.9. The summed E-state index contributed by atoms with van der Waals surface area (Å²) in [7, 11) is 0. The van der Waals surface area contributed by atoms with Gasteiger partial charge in [0.2, 0.25) is 11.6 Å². The van der Waals surface area contributed by atoms with Crippen LogP contribution < -0.4 is 0 Å². The van der Waals surface area contributed by atoms with E-state index in [0.29, 0.717) is 5.82 Å². The average Bonchev–Trinajstić information content (AvgIpc) is 3.36. The Morgan fingerprint density at radius 1 is 1.12 bits per heavy atom. The van der Waals surface area contributed by atoms with Gasteiger partial charge >= 0.3 is 6.18 Å². The van der Waals surface area contributed by atoms with Gasteiger partial charge in [-0.2, -0.15) is 34.3 Å². The first-order valence-corrected chi connectivity index (χ1v) is 8.24. The molecule has 3 aromatic heterocycles. The molecule has 4 aromatic rings. The average molecular weight is 378 g/mol. The lowest BCUT2D eigenvalue weighted by Gasteiger charge is -2.06. The topological polar surface area (TPSA) is 82.5 Å². The van der Waals surface area contributed by atoms with Crippen molar-refractivity contribution in [2.45, 2.75) is 12.7 Å². The minimum absolute atomic E-state index is 0.0586. The molecule has 0 saturated heterocycles. The van der Waals surface area contributed by atoms with E-state index in [1.165, 1.54) is 28.3 Å². The molecule has 0 atom stereocenters. The van der Waals surface area contributed by atoms with Gasteiger partial charge in [0.05, 0.1) is 5.56 Å².